The van der Waals surface area contributed by atoms with E-state index < -0.39 is 35.2 Å². The third-order valence-corrected chi connectivity index (χ3v) is 20.6. The maximum absolute atomic E-state index is 14.0. The molecule has 6 aromatic heterocycles. The number of hydrogen-bond donors (Lipinski definition) is 1. The molecule has 1 N–H and O–H groups in total. The lowest BCUT2D eigenvalue weighted by Gasteiger charge is -2.33. The number of nitrogens with zero attached hydrogens (tertiary/aromatic N) is 14. The molecular formula is C91H91Cl2F9IN15O3. The van der Waals surface area contributed by atoms with Gasteiger partial charge in [0.1, 0.15) is 17.1 Å². The number of fused-ring (bicyclic) bond motifs is 3. The molecule has 0 spiro atoms. The van der Waals surface area contributed by atoms with Crippen LogP contribution in [-0.2, 0) is 57.4 Å². The summed E-state index contributed by atoms with van der Waals surface area (Å²) in [6, 6.07) is 39.1. The highest BCUT2D eigenvalue weighted by atomic mass is 127. The lowest BCUT2D eigenvalue weighted by Crippen LogP contribution is -2.44. The van der Waals surface area contributed by atoms with Crippen molar-refractivity contribution in [2.45, 2.75) is 85.6 Å². The molecule has 3 aliphatic rings. The molecule has 0 amide bonds. The molecule has 0 radical (unpaired) electrons. The molecule has 3 fully saturated rings. The Balaban J connectivity index is 0.000000202. The van der Waals surface area contributed by atoms with Gasteiger partial charge in [-0.05, 0) is 180 Å². The molecule has 0 aliphatic carbocycles. The van der Waals surface area contributed by atoms with Gasteiger partial charge in [-0.15, -0.1) is 24.8 Å². The summed E-state index contributed by atoms with van der Waals surface area (Å²) >= 11 is 2.15. The van der Waals surface area contributed by atoms with Crippen molar-refractivity contribution < 1.29 is 53.9 Å². The van der Waals surface area contributed by atoms with Gasteiger partial charge in [0.2, 0.25) is 0 Å². The number of hydrogen-bond acceptors (Lipinski definition) is 15. The third-order valence-electron chi connectivity index (χ3n) is 20.6. The monoisotopic (exact) mass is 1810 g/mol. The van der Waals surface area contributed by atoms with E-state index in [2.05, 4.69) is 103 Å². The fraction of sp³-hybridized carbons (Fsp3) is 0.308. The molecule has 3 aliphatic heterocycles. The molecule has 30 heteroatoms. The van der Waals surface area contributed by atoms with Crippen LogP contribution in [0.15, 0.2) is 183 Å². The first-order valence-corrected chi connectivity index (χ1v) is 40.3. The Hall–Kier alpha value is -10.7. The Morgan fingerprint density at radius 3 is 0.950 bits per heavy atom. The van der Waals surface area contributed by atoms with Gasteiger partial charge in [-0.1, -0.05) is 121 Å². The number of nitrogens with one attached hydrogen (secondary N) is 1. The largest absolute Gasteiger partial charge is 0.416 e. The number of carbonyl (C=O) groups is 3. The maximum Gasteiger partial charge on any atom is 0.416 e. The van der Waals surface area contributed by atoms with E-state index in [1.165, 1.54) is 18.2 Å². The second-order valence-corrected chi connectivity index (χ2v) is 29.1. The Bertz CT molecular complexity index is 5590. The molecule has 632 valence electrons. The van der Waals surface area contributed by atoms with E-state index in [0.717, 1.165) is 100 Å². The van der Waals surface area contributed by atoms with Crippen LogP contribution >= 0.6 is 47.4 Å². The minimum absolute atomic E-state index is 0. The molecule has 3 saturated heterocycles. The van der Waals surface area contributed by atoms with E-state index >= 15 is 0 Å². The van der Waals surface area contributed by atoms with E-state index in [-0.39, 0.29) is 105 Å². The number of rotatable bonds is 15. The molecule has 0 unspecified atom stereocenters. The minimum atomic E-state index is -4.50. The van der Waals surface area contributed by atoms with E-state index in [1.807, 2.05) is 72.7 Å². The zero-order valence-corrected chi connectivity index (χ0v) is 70.4. The van der Waals surface area contributed by atoms with Crippen molar-refractivity contribution in [2.24, 2.45) is 0 Å². The standard InChI is InChI=1S/2C30H28F3N5O.C29H26F3N5O.CH3I.CH4.2ClH/c2*1-21-5-7-24(18-23(21)9-10-26-19-34-29-4-3-11-35-38(26)29)28(39)17-22-6-8-25(27(16-22)30(31,32)33)20-37-14-12-36(2)13-15-37;1-20-4-6-23(17-22(20)8-9-25-18-34-28-3-2-10-35-37(25)28)27(38)16-21-5-7-24(26(15-21)29(30,31)32)19-36-13-11-33-12-14-36;1-2;;;/h2*3-8,11,16,18-19H,12-15,17,20H2,1-2H3;2-7,10,15,17-18,33H,11-14,16,19H2,1H3;1H3;1H4;2*1H. The number of carbonyl (C=O) groups excluding carboxylic acids is 3. The zero-order valence-electron chi connectivity index (χ0n) is 66.6. The van der Waals surface area contributed by atoms with Crippen LogP contribution in [0.5, 0.6) is 0 Å². The number of imidazole rings is 3. The fourth-order valence-electron chi connectivity index (χ4n) is 13.8. The van der Waals surface area contributed by atoms with Crippen LogP contribution in [0.3, 0.4) is 0 Å². The van der Waals surface area contributed by atoms with Crippen LogP contribution in [0.4, 0.5) is 39.5 Å². The Morgan fingerprint density at radius 1 is 0.388 bits per heavy atom. The van der Waals surface area contributed by atoms with Gasteiger partial charge in [-0.2, -0.15) is 54.8 Å². The zero-order chi connectivity index (χ0) is 83.8. The average molecular weight is 1810 g/mol. The van der Waals surface area contributed by atoms with Gasteiger partial charge in [-0.25, -0.2) is 28.5 Å². The van der Waals surface area contributed by atoms with E-state index in [9.17, 15) is 53.9 Å². The molecular weight excluding hydrogens is 1720 g/mol. The van der Waals surface area contributed by atoms with Crippen molar-refractivity contribution >= 4 is 81.7 Å². The van der Waals surface area contributed by atoms with Crippen LogP contribution in [-0.4, -0.2) is 183 Å². The molecule has 15 rings (SSSR count). The molecule has 6 aromatic carbocycles. The number of aryl methyl sites for hydroxylation is 3. The van der Waals surface area contributed by atoms with Gasteiger partial charge in [0.05, 0.1) is 35.3 Å². The lowest BCUT2D eigenvalue weighted by atomic mass is 9.96. The lowest BCUT2D eigenvalue weighted by molar-refractivity contribution is -0.139. The predicted octanol–water partition coefficient (Wildman–Crippen LogP) is 16.1. The highest BCUT2D eigenvalue weighted by Gasteiger charge is 2.37. The Morgan fingerprint density at radius 2 is 0.669 bits per heavy atom. The molecule has 0 atom stereocenters. The molecule has 0 bridgehead atoms. The molecule has 121 heavy (non-hydrogen) atoms. The predicted molar refractivity (Wildman–Crippen MR) is 464 cm³/mol. The summed E-state index contributed by atoms with van der Waals surface area (Å²) in [5.74, 6) is 17.6. The van der Waals surface area contributed by atoms with Gasteiger partial charge in [-0.3, -0.25) is 29.1 Å². The summed E-state index contributed by atoms with van der Waals surface area (Å²) in [4.78, 5) is 64.5. The summed E-state index contributed by atoms with van der Waals surface area (Å²) < 4.78 is 130. The number of piperazine rings is 3. The fourth-order valence-corrected chi connectivity index (χ4v) is 13.8. The number of benzene rings is 6. The van der Waals surface area contributed by atoms with E-state index in [0.29, 0.717) is 97.2 Å². The highest BCUT2D eigenvalue weighted by molar-refractivity contribution is 14.1. The van der Waals surface area contributed by atoms with Crippen LogP contribution < -0.4 is 5.32 Å². The number of likely N-dealkylation sites (N-methyl/N-ethyl adjacent to an activating group) is 2. The van der Waals surface area contributed by atoms with Gasteiger partial charge >= 0.3 is 18.5 Å². The second kappa shape index (κ2) is 42.7. The molecule has 0 saturated carbocycles. The normalized spacial score (nSPS) is 14.1. The van der Waals surface area contributed by atoms with E-state index in [1.54, 1.807) is 142 Å². The maximum atomic E-state index is 14.0. The smallest absolute Gasteiger partial charge is 0.314 e. The third kappa shape index (κ3) is 25.0. The summed E-state index contributed by atoms with van der Waals surface area (Å²) in [6.07, 6.45) is -4.07. The summed E-state index contributed by atoms with van der Waals surface area (Å²) in [6.45, 7) is 15.5. The Labute approximate surface area is 723 Å². The summed E-state index contributed by atoms with van der Waals surface area (Å²) in [5.41, 5.74) is 9.33. The SMILES string of the molecule is C.CI.Cc1ccc(C(=O)Cc2ccc(CN3CCN(C)CC3)c(C(F)(F)F)c2)cc1C#Cc1cnc2cccnn12.Cc1ccc(C(=O)Cc2ccc(CN3CCN(C)CC3)c(C(F)(F)F)c2)cc1C#Cc1cnc2cccnn12.Cc1ccc(C(=O)Cc2ccc(CN3CCNCC3)c(C(F)(F)F)c2)cc1C#Cc1cnc2cccnn12.Cl.Cl. The number of aromatic nitrogens is 9. The quantitative estimate of drug-likeness (QED) is 0.0338. The van der Waals surface area contributed by atoms with Crippen LogP contribution in [0, 0.1) is 56.3 Å². The van der Waals surface area contributed by atoms with E-state index in [4.69, 9.17) is 0 Å². The van der Waals surface area contributed by atoms with Gasteiger partial charge in [0.25, 0.3) is 0 Å². The minimum Gasteiger partial charge on any atom is -0.314 e. The number of ketones is 3. The first kappa shape index (κ1) is 94.2. The number of Topliss-reactive ketones (excluding diaryl/α,β-unsaturated/α-hetero) is 3. The van der Waals surface area contributed by atoms with Crippen LogP contribution in [0.2, 0.25) is 0 Å². The van der Waals surface area contributed by atoms with Gasteiger partial charge in [0, 0.05) is 169 Å². The Kier molecular flexibility index (Phi) is 33.2. The first-order chi connectivity index (χ1) is 56.6. The molecule has 12 aromatic rings. The van der Waals surface area contributed by atoms with Gasteiger partial charge in [0.15, 0.2) is 34.3 Å². The molecule has 9 heterocycles. The second-order valence-electron chi connectivity index (χ2n) is 29.1. The van der Waals surface area contributed by atoms with Crippen molar-refractivity contribution in [1.29, 1.82) is 0 Å². The van der Waals surface area contributed by atoms with Crippen molar-refractivity contribution in [1.82, 2.24) is 73.6 Å². The topological polar surface area (TPSA) is 170 Å². The van der Waals surface area contributed by atoms with Crippen molar-refractivity contribution in [3.05, 3.63) is 300 Å². The summed E-state index contributed by atoms with van der Waals surface area (Å²) in [7, 11) is 4.01. The van der Waals surface area contributed by atoms with Gasteiger partial charge < -0.3 is 15.1 Å². The van der Waals surface area contributed by atoms with Crippen molar-refractivity contribution in [2.75, 3.05) is 97.6 Å². The van der Waals surface area contributed by atoms with Crippen molar-refractivity contribution in [3.63, 3.8) is 0 Å². The van der Waals surface area contributed by atoms with Crippen molar-refractivity contribution in [3.8, 4) is 35.5 Å². The average Bonchev–Trinajstić information content (AvgIpc) is 1.80. The first-order valence-electron chi connectivity index (χ1n) is 38.2. The molecule has 18 nitrogen and oxygen atoms in total. The number of alkyl halides is 10. The van der Waals surface area contributed by atoms with Crippen LogP contribution in [0.1, 0.15) is 139 Å². The summed E-state index contributed by atoms with van der Waals surface area (Å²) in [5, 5.41) is 15.9. The number of halogens is 12. The highest BCUT2D eigenvalue weighted by Crippen LogP contribution is 2.37. The van der Waals surface area contributed by atoms with Crippen LogP contribution in [0.25, 0.3) is 16.9 Å².